The average Bonchev–Trinajstić information content (AvgIpc) is 2.92. The minimum atomic E-state index is -0.312. The van der Waals surface area contributed by atoms with Crippen LogP contribution in [0.2, 0.25) is 0 Å². The number of rotatable bonds is 3. The van der Waals surface area contributed by atoms with Crippen LogP contribution in [0, 0.1) is 0 Å². The number of hydrogen-bond acceptors (Lipinski definition) is 0. The molecular formula is C14H16Zr. The van der Waals surface area contributed by atoms with E-state index in [1.807, 2.05) is 0 Å². The molecule has 0 N–H and O–H groups in total. The quantitative estimate of drug-likeness (QED) is 0.680. The molecule has 15 heavy (non-hydrogen) atoms. The van der Waals surface area contributed by atoms with Gasteiger partial charge in [0, 0.05) is 0 Å². The zero-order valence-corrected chi connectivity index (χ0v) is 11.4. The van der Waals surface area contributed by atoms with Gasteiger partial charge in [0.15, 0.2) is 0 Å². The third-order valence-corrected chi connectivity index (χ3v) is 5.43. The van der Waals surface area contributed by atoms with Gasteiger partial charge in [-0.15, -0.1) is 0 Å². The van der Waals surface area contributed by atoms with Crippen LogP contribution < -0.4 is 0 Å². The van der Waals surface area contributed by atoms with Crippen molar-refractivity contribution in [2.45, 2.75) is 12.8 Å². The molecule has 0 nitrogen and oxygen atoms in total. The van der Waals surface area contributed by atoms with Crippen LogP contribution in [0.5, 0.6) is 0 Å². The van der Waals surface area contributed by atoms with E-state index in [-0.39, 0.29) is 23.2 Å². The van der Waals surface area contributed by atoms with Crippen molar-refractivity contribution in [3.8, 4) is 0 Å². The van der Waals surface area contributed by atoms with Crippen molar-refractivity contribution in [1.29, 1.82) is 0 Å². The summed E-state index contributed by atoms with van der Waals surface area (Å²) in [5.41, 5.74) is 0. The third-order valence-electron chi connectivity index (χ3n) is 2.03. The molecule has 0 bridgehead atoms. The summed E-state index contributed by atoms with van der Waals surface area (Å²) >= 11 is -0.312. The summed E-state index contributed by atoms with van der Waals surface area (Å²) in [4.78, 5) is 0. The van der Waals surface area contributed by atoms with E-state index in [2.05, 4.69) is 49.6 Å². The maximum absolute atomic E-state index is 3.36. The Morgan fingerprint density at radius 2 is 1.40 bits per heavy atom. The second-order valence-electron chi connectivity index (χ2n) is 3.24. The molecule has 0 aromatic rings. The number of hydrogen-bond donors (Lipinski definition) is 0. The van der Waals surface area contributed by atoms with Crippen molar-refractivity contribution in [2.24, 2.45) is 0 Å². The van der Waals surface area contributed by atoms with E-state index in [1.165, 1.54) is 12.8 Å². The molecule has 0 aromatic heterocycles. The first-order valence-electron chi connectivity index (χ1n) is 5.08. The van der Waals surface area contributed by atoms with Crippen molar-refractivity contribution in [1.82, 2.24) is 0 Å². The van der Waals surface area contributed by atoms with E-state index >= 15 is 0 Å². The van der Waals surface area contributed by atoms with E-state index < -0.39 is 0 Å². The molecule has 0 unspecified atom stereocenters. The van der Waals surface area contributed by atoms with Crippen molar-refractivity contribution in [3.63, 3.8) is 0 Å². The molecule has 0 aromatic carbocycles. The van der Waals surface area contributed by atoms with Crippen LogP contribution in [0.4, 0.5) is 0 Å². The van der Waals surface area contributed by atoms with Gasteiger partial charge in [-0.2, -0.15) is 0 Å². The van der Waals surface area contributed by atoms with Crippen LogP contribution in [0.1, 0.15) is 12.8 Å². The fraction of sp³-hybridized carbons (Fsp3) is 0.143. The van der Waals surface area contributed by atoms with E-state index in [4.69, 9.17) is 0 Å². The summed E-state index contributed by atoms with van der Waals surface area (Å²) in [5, 5.41) is 0. The van der Waals surface area contributed by atoms with Crippen LogP contribution in [-0.2, 0) is 23.2 Å². The second kappa shape index (κ2) is 7.59. The van der Waals surface area contributed by atoms with Crippen LogP contribution in [0.3, 0.4) is 0 Å². The largest absolute Gasteiger partial charge is 0.0991 e. The van der Waals surface area contributed by atoms with Crippen LogP contribution in [-0.4, -0.2) is 0 Å². The first-order chi connectivity index (χ1) is 7.36. The Kier molecular flexibility index (Phi) is 6.27. The molecule has 0 saturated heterocycles. The predicted molar refractivity (Wildman–Crippen MR) is 64.1 cm³/mol. The van der Waals surface area contributed by atoms with Gasteiger partial charge in [0.05, 0.1) is 0 Å². The topological polar surface area (TPSA) is 0 Å². The summed E-state index contributed by atoms with van der Waals surface area (Å²) in [5.74, 6) is 0. The predicted octanol–water partition coefficient (Wildman–Crippen LogP) is 4.11. The summed E-state index contributed by atoms with van der Waals surface area (Å²) in [6.07, 6.45) is 19.3. The first-order valence-corrected chi connectivity index (χ1v) is 7.54. The van der Waals surface area contributed by atoms with Crippen LogP contribution in [0.25, 0.3) is 0 Å². The van der Waals surface area contributed by atoms with Gasteiger partial charge in [0.25, 0.3) is 0 Å². The summed E-state index contributed by atoms with van der Waals surface area (Å²) in [6.45, 7) is 6.72. The standard InChI is InChI=1S/2C5H5.C4H6.Zr/c2*1-2-4-5-3-1;1-3-4-2;/h2*1-3H,4H2;3-4H,1-2H2;. The minimum Gasteiger partial charge on any atom is -0.0991 e. The zero-order valence-electron chi connectivity index (χ0n) is 8.95. The van der Waals surface area contributed by atoms with Gasteiger partial charge in [-0.3, -0.25) is 0 Å². The van der Waals surface area contributed by atoms with Gasteiger partial charge in [0.1, 0.15) is 0 Å². The minimum absolute atomic E-state index is 0.312. The molecule has 0 atom stereocenters. The molecule has 0 spiro atoms. The third kappa shape index (κ3) is 5.09. The van der Waals surface area contributed by atoms with Crippen molar-refractivity contribution in [2.75, 3.05) is 0 Å². The molecule has 1 heteroatoms. The van der Waals surface area contributed by atoms with Crippen molar-refractivity contribution >= 4 is 0 Å². The SMILES string of the molecule is C1=CC[C]([Zr][C]2=CC=CC2)=C1.C=CC=C. The fourth-order valence-corrected chi connectivity index (χ4v) is 4.26. The monoisotopic (exact) mass is 274 g/mol. The van der Waals surface area contributed by atoms with E-state index in [1.54, 1.807) is 18.7 Å². The smallest absolute Gasteiger partial charge is 0.0701 e. The number of allylic oxidation sites excluding steroid dienone is 10. The van der Waals surface area contributed by atoms with Gasteiger partial charge in [-0.05, 0) is 0 Å². The Bertz CT molecular complexity index is 306. The summed E-state index contributed by atoms with van der Waals surface area (Å²) in [6, 6.07) is 0. The molecule has 0 saturated carbocycles. The molecule has 0 fully saturated rings. The molecule has 0 radical (unpaired) electrons. The van der Waals surface area contributed by atoms with Crippen molar-refractivity contribution < 1.29 is 23.2 Å². The van der Waals surface area contributed by atoms with Crippen LogP contribution >= 0.6 is 0 Å². The molecule has 2 aliphatic rings. The molecular weight excluding hydrogens is 259 g/mol. The molecule has 0 amide bonds. The fourth-order valence-electron chi connectivity index (χ4n) is 1.29. The zero-order chi connectivity index (χ0) is 10.9. The van der Waals surface area contributed by atoms with Gasteiger partial charge in [-0.25, -0.2) is 0 Å². The van der Waals surface area contributed by atoms with E-state index in [0.717, 1.165) is 0 Å². The van der Waals surface area contributed by atoms with E-state index in [0.29, 0.717) is 0 Å². The normalized spacial score (nSPS) is 16.3. The Balaban J connectivity index is 0.000000245. The first kappa shape index (κ1) is 12.4. The Labute approximate surface area is 104 Å². The maximum atomic E-state index is 3.36. The Hall–Kier alpha value is -0.677. The van der Waals surface area contributed by atoms with Gasteiger partial charge >= 0.3 is 79.1 Å². The Morgan fingerprint density at radius 1 is 0.933 bits per heavy atom. The maximum Gasteiger partial charge on any atom is -0.0701 e. The molecule has 76 valence electrons. The van der Waals surface area contributed by atoms with Gasteiger partial charge in [-0.1, -0.05) is 25.3 Å². The molecule has 0 heterocycles. The van der Waals surface area contributed by atoms with Gasteiger partial charge in [0.2, 0.25) is 0 Å². The molecule has 0 aliphatic heterocycles. The van der Waals surface area contributed by atoms with Gasteiger partial charge < -0.3 is 0 Å². The van der Waals surface area contributed by atoms with Crippen molar-refractivity contribution in [3.05, 3.63) is 68.3 Å². The van der Waals surface area contributed by atoms with E-state index in [9.17, 15) is 0 Å². The molecule has 2 aliphatic carbocycles. The molecule has 2 rings (SSSR count). The Morgan fingerprint density at radius 3 is 1.67 bits per heavy atom. The summed E-state index contributed by atoms with van der Waals surface area (Å²) in [7, 11) is 0. The average molecular weight is 276 g/mol. The summed E-state index contributed by atoms with van der Waals surface area (Å²) < 4.78 is 3.45. The second-order valence-corrected chi connectivity index (χ2v) is 7.02. The van der Waals surface area contributed by atoms with Crippen LogP contribution in [0.15, 0.2) is 68.3 Å².